The first-order valence-corrected chi connectivity index (χ1v) is 5.43. The summed E-state index contributed by atoms with van der Waals surface area (Å²) in [6.07, 6.45) is 1.21. The van der Waals surface area contributed by atoms with Gasteiger partial charge in [-0.3, -0.25) is 4.90 Å². The number of methoxy groups -OCH3 is 1. The zero-order valence-corrected chi connectivity index (χ0v) is 9.13. The number of hydrogen-bond acceptors (Lipinski definition) is 4. The molecule has 1 aliphatic heterocycles. The van der Waals surface area contributed by atoms with E-state index in [0.29, 0.717) is 0 Å². The van der Waals surface area contributed by atoms with Crippen molar-refractivity contribution in [1.29, 1.82) is 0 Å². The molecule has 0 saturated carbocycles. The smallest absolute Gasteiger partial charge is 0.0594 e. The van der Waals surface area contributed by atoms with Crippen molar-refractivity contribution < 1.29 is 9.47 Å². The van der Waals surface area contributed by atoms with Gasteiger partial charge in [-0.1, -0.05) is 0 Å². The molecule has 1 rings (SSSR count). The molecule has 1 aliphatic rings. The van der Waals surface area contributed by atoms with Crippen LogP contribution in [-0.4, -0.2) is 64.6 Å². The summed E-state index contributed by atoms with van der Waals surface area (Å²) in [4.78, 5) is 2.46. The lowest BCUT2D eigenvalue weighted by Gasteiger charge is -2.26. The molecule has 84 valence electrons. The number of nitrogens with one attached hydrogen (secondary N) is 1. The molecule has 0 spiro atoms. The van der Waals surface area contributed by atoms with Crippen molar-refractivity contribution in [1.82, 2.24) is 10.2 Å². The fourth-order valence-electron chi connectivity index (χ4n) is 1.55. The minimum atomic E-state index is 0.803. The zero-order valence-electron chi connectivity index (χ0n) is 9.13. The quantitative estimate of drug-likeness (QED) is 0.587. The lowest BCUT2D eigenvalue weighted by molar-refractivity contribution is 0.0374. The summed E-state index contributed by atoms with van der Waals surface area (Å²) in [7, 11) is 1.73. The van der Waals surface area contributed by atoms with Gasteiger partial charge in [0, 0.05) is 26.7 Å². The lowest BCUT2D eigenvalue weighted by Crippen LogP contribution is -2.37. The Morgan fingerprint density at radius 1 is 1.29 bits per heavy atom. The van der Waals surface area contributed by atoms with E-state index in [9.17, 15) is 0 Å². The Balaban J connectivity index is 1.82. The first-order chi connectivity index (χ1) is 6.93. The fraction of sp³-hybridized carbons (Fsp3) is 1.00. The van der Waals surface area contributed by atoms with Crippen molar-refractivity contribution in [3.05, 3.63) is 0 Å². The molecule has 0 aliphatic carbocycles. The average Bonchev–Trinajstić information content (AvgIpc) is 2.25. The van der Waals surface area contributed by atoms with E-state index in [4.69, 9.17) is 9.47 Å². The zero-order chi connectivity index (χ0) is 10.1. The molecule has 0 aromatic rings. The molecule has 4 heteroatoms. The summed E-state index contributed by atoms with van der Waals surface area (Å²) >= 11 is 0. The van der Waals surface area contributed by atoms with E-state index in [1.807, 2.05) is 0 Å². The van der Waals surface area contributed by atoms with Crippen molar-refractivity contribution in [3.8, 4) is 0 Å². The van der Waals surface area contributed by atoms with Gasteiger partial charge in [-0.15, -0.1) is 0 Å². The molecule has 0 amide bonds. The van der Waals surface area contributed by atoms with Gasteiger partial charge in [-0.05, 0) is 19.5 Å². The summed E-state index contributed by atoms with van der Waals surface area (Å²) in [5.41, 5.74) is 0. The van der Waals surface area contributed by atoms with Gasteiger partial charge in [-0.25, -0.2) is 0 Å². The highest BCUT2D eigenvalue weighted by atomic mass is 16.5. The Morgan fingerprint density at radius 2 is 2.07 bits per heavy atom. The summed E-state index contributed by atoms with van der Waals surface area (Å²) in [6, 6.07) is 0. The second-order valence-electron chi connectivity index (χ2n) is 3.55. The highest BCUT2D eigenvalue weighted by Crippen LogP contribution is 1.96. The first-order valence-electron chi connectivity index (χ1n) is 5.43. The van der Waals surface area contributed by atoms with E-state index in [-0.39, 0.29) is 0 Å². The molecule has 0 atom stereocenters. The van der Waals surface area contributed by atoms with Gasteiger partial charge < -0.3 is 14.8 Å². The normalized spacial score (nSPS) is 18.6. The Morgan fingerprint density at radius 3 is 2.79 bits per heavy atom. The maximum Gasteiger partial charge on any atom is 0.0594 e. The Kier molecular flexibility index (Phi) is 6.95. The lowest BCUT2D eigenvalue weighted by atomic mass is 10.3. The van der Waals surface area contributed by atoms with Crippen LogP contribution in [0.15, 0.2) is 0 Å². The molecule has 1 saturated heterocycles. The highest BCUT2D eigenvalue weighted by molar-refractivity contribution is 4.62. The molecule has 0 aromatic heterocycles. The molecule has 0 aromatic carbocycles. The summed E-state index contributed by atoms with van der Waals surface area (Å²) in [6.45, 7) is 8.02. The average molecular weight is 202 g/mol. The van der Waals surface area contributed by atoms with Crippen LogP contribution in [0.2, 0.25) is 0 Å². The van der Waals surface area contributed by atoms with E-state index in [2.05, 4.69) is 10.2 Å². The number of rotatable bonds is 7. The van der Waals surface area contributed by atoms with E-state index >= 15 is 0 Å². The molecule has 1 N–H and O–H groups in total. The maximum absolute atomic E-state index is 5.29. The minimum absolute atomic E-state index is 0.803. The van der Waals surface area contributed by atoms with Crippen molar-refractivity contribution in [2.75, 3.05) is 59.7 Å². The molecule has 1 fully saturated rings. The molecule has 14 heavy (non-hydrogen) atoms. The number of hydrogen-bond donors (Lipinski definition) is 1. The van der Waals surface area contributed by atoms with Gasteiger partial charge in [0.25, 0.3) is 0 Å². The van der Waals surface area contributed by atoms with Crippen LogP contribution in [0.4, 0.5) is 0 Å². The molecule has 0 unspecified atom stereocenters. The molecule has 1 heterocycles. The number of ether oxygens (including phenoxy) is 2. The Bertz CT molecular complexity index is 127. The van der Waals surface area contributed by atoms with Gasteiger partial charge in [0.1, 0.15) is 0 Å². The van der Waals surface area contributed by atoms with Crippen molar-refractivity contribution >= 4 is 0 Å². The van der Waals surface area contributed by atoms with E-state index in [0.717, 1.165) is 46.0 Å². The van der Waals surface area contributed by atoms with Crippen LogP contribution in [0.1, 0.15) is 6.42 Å². The van der Waals surface area contributed by atoms with Crippen molar-refractivity contribution in [2.45, 2.75) is 6.42 Å². The first kappa shape index (κ1) is 11.9. The molecule has 0 bridgehead atoms. The molecular weight excluding hydrogens is 180 g/mol. The molecule has 0 radical (unpaired) electrons. The second kappa shape index (κ2) is 8.17. The molecule has 4 nitrogen and oxygen atoms in total. The van der Waals surface area contributed by atoms with Gasteiger partial charge in [-0.2, -0.15) is 0 Å². The summed E-state index contributed by atoms with van der Waals surface area (Å²) in [5.74, 6) is 0. The Labute approximate surface area is 86.6 Å². The third-order valence-electron chi connectivity index (χ3n) is 2.41. The highest BCUT2D eigenvalue weighted by Gasteiger charge is 2.08. The largest absolute Gasteiger partial charge is 0.383 e. The monoisotopic (exact) mass is 202 g/mol. The van der Waals surface area contributed by atoms with Crippen LogP contribution < -0.4 is 5.32 Å². The van der Waals surface area contributed by atoms with Crippen LogP contribution >= 0.6 is 0 Å². The summed E-state index contributed by atoms with van der Waals surface area (Å²) in [5, 5.41) is 3.34. The van der Waals surface area contributed by atoms with Crippen molar-refractivity contribution in [3.63, 3.8) is 0 Å². The maximum atomic E-state index is 5.29. The molecular formula is C10H22N2O2. The number of morpholine rings is 1. The van der Waals surface area contributed by atoms with Crippen LogP contribution in [-0.2, 0) is 9.47 Å². The van der Waals surface area contributed by atoms with Crippen LogP contribution in [0.3, 0.4) is 0 Å². The number of nitrogens with zero attached hydrogens (tertiary/aromatic N) is 1. The summed E-state index contributed by atoms with van der Waals surface area (Å²) < 4.78 is 10.2. The Hall–Kier alpha value is -0.160. The predicted molar refractivity (Wildman–Crippen MR) is 56.6 cm³/mol. The van der Waals surface area contributed by atoms with Gasteiger partial charge >= 0.3 is 0 Å². The standard InChI is InChI=1S/C10H22N2O2/c1-13-8-4-11-3-2-5-12-6-9-14-10-7-12/h11H,2-10H2,1H3. The predicted octanol–water partition coefficient (Wildman–Crippen LogP) is -0.0553. The van der Waals surface area contributed by atoms with E-state index in [1.54, 1.807) is 7.11 Å². The topological polar surface area (TPSA) is 33.7 Å². The fourth-order valence-corrected chi connectivity index (χ4v) is 1.55. The van der Waals surface area contributed by atoms with Crippen LogP contribution in [0, 0.1) is 0 Å². The SMILES string of the molecule is COCCNCCCN1CCOCC1. The minimum Gasteiger partial charge on any atom is -0.383 e. The van der Waals surface area contributed by atoms with E-state index in [1.165, 1.54) is 13.0 Å². The third kappa shape index (κ3) is 5.54. The van der Waals surface area contributed by atoms with E-state index < -0.39 is 0 Å². The van der Waals surface area contributed by atoms with Crippen LogP contribution in [0.25, 0.3) is 0 Å². The van der Waals surface area contributed by atoms with Gasteiger partial charge in [0.15, 0.2) is 0 Å². The van der Waals surface area contributed by atoms with Gasteiger partial charge in [0.2, 0.25) is 0 Å². The van der Waals surface area contributed by atoms with Crippen LogP contribution in [0.5, 0.6) is 0 Å². The van der Waals surface area contributed by atoms with Gasteiger partial charge in [0.05, 0.1) is 19.8 Å². The third-order valence-corrected chi connectivity index (χ3v) is 2.41. The van der Waals surface area contributed by atoms with Crippen molar-refractivity contribution in [2.24, 2.45) is 0 Å². The second-order valence-corrected chi connectivity index (χ2v) is 3.55.